The van der Waals surface area contributed by atoms with Crippen LogP contribution in [0.2, 0.25) is 0 Å². The van der Waals surface area contributed by atoms with E-state index in [0.29, 0.717) is 12.1 Å². The molecule has 1 aromatic carbocycles. The Hall–Kier alpha value is -0.380. The monoisotopic (exact) mass is 353 g/mol. The van der Waals surface area contributed by atoms with Gasteiger partial charge in [-0.2, -0.15) is 0 Å². The summed E-state index contributed by atoms with van der Waals surface area (Å²) >= 11 is 3.58. The highest BCUT2D eigenvalue weighted by atomic mass is 79.9. The Morgan fingerprint density at radius 2 is 2.10 bits per heavy atom. The second-order valence-electron chi connectivity index (χ2n) is 6.11. The maximum atomic E-state index is 6.09. The summed E-state index contributed by atoms with van der Waals surface area (Å²) < 4.78 is 7.24. The van der Waals surface area contributed by atoms with Crippen molar-refractivity contribution in [2.24, 2.45) is 0 Å². The second-order valence-corrected chi connectivity index (χ2v) is 7.03. The maximum Gasteiger partial charge on any atom is 0.0692 e. The van der Waals surface area contributed by atoms with Gasteiger partial charge in [-0.05, 0) is 49.8 Å². The van der Waals surface area contributed by atoms with Crippen molar-refractivity contribution in [2.45, 2.75) is 70.6 Å². The molecule has 1 heterocycles. The molecule has 3 heteroatoms. The highest BCUT2D eigenvalue weighted by molar-refractivity contribution is 9.10. The van der Waals surface area contributed by atoms with E-state index in [1.54, 1.807) is 0 Å². The summed E-state index contributed by atoms with van der Waals surface area (Å²) in [5.41, 5.74) is 1.46. The summed E-state index contributed by atoms with van der Waals surface area (Å²) in [4.78, 5) is 0. The van der Waals surface area contributed by atoms with Crippen LogP contribution in [0.4, 0.5) is 0 Å². The SMILES string of the molecule is CCC(NC1CCOC(CC)(CC)C1)c1cccc(Br)c1. The third-order valence-corrected chi connectivity index (χ3v) is 5.37. The van der Waals surface area contributed by atoms with E-state index in [0.717, 1.165) is 43.2 Å². The fraction of sp³-hybridized carbons (Fsp3) is 0.667. The topological polar surface area (TPSA) is 21.3 Å². The van der Waals surface area contributed by atoms with Crippen LogP contribution in [0.15, 0.2) is 28.7 Å². The van der Waals surface area contributed by atoms with Gasteiger partial charge in [-0.3, -0.25) is 0 Å². The van der Waals surface area contributed by atoms with E-state index in [-0.39, 0.29) is 5.60 Å². The van der Waals surface area contributed by atoms with Crippen molar-refractivity contribution in [3.05, 3.63) is 34.3 Å². The van der Waals surface area contributed by atoms with Crippen molar-refractivity contribution in [3.63, 3.8) is 0 Å². The van der Waals surface area contributed by atoms with Gasteiger partial charge in [-0.1, -0.05) is 48.8 Å². The largest absolute Gasteiger partial charge is 0.375 e. The summed E-state index contributed by atoms with van der Waals surface area (Å²) in [5, 5.41) is 3.87. The lowest BCUT2D eigenvalue weighted by Crippen LogP contribution is -2.47. The summed E-state index contributed by atoms with van der Waals surface area (Å²) in [6, 6.07) is 9.64. The lowest BCUT2D eigenvalue weighted by Gasteiger charge is -2.41. The fourth-order valence-corrected chi connectivity index (χ4v) is 3.79. The van der Waals surface area contributed by atoms with Crippen LogP contribution in [0.3, 0.4) is 0 Å². The van der Waals surface area contributed by atoms with Gasteiger partial charge in [0.15, 0.2) is 0 Å². The van der Waals surface area contributed by atoms with Crippen molar-refractivity contribution in [1.82, 2.24) is 5.32 Å². The maximum absolute atomic E-state index is 6.09. The summed E-state index contributed by atoms with van der Waals surface area (Å²) in [7, 11) is 0. The molecule has 0 aromatic heterocycles. The Morgan fingerprint density at radius 1 is 1.33 bits per heavy atom. The van der Waals surface area contributed by atoms with Crippen LogP contribution in [0, 0.1) is 0 Å². The molecular weight excluding hydrogens is 326 g/mol. The minimum Gasteiger partial charge on any atom is -0.375 e. The third kappa shape index (κ3) is 4.30. The Balaban J connectivity index is 2.05. The number of rotatable bonds is 6. The van der Waals surface area contributed by atoms with Gasteiger partial charge in [0, 0.05) is 23.2 Å². The Bertz CT molecular complexity index is 445. The van der Waals surface area contributed by atoms with Crippen LogP contribution in [-0.4, -0.2) is 18.2 Å². The highest BCUT2D eigenvalue weighted by Gasteiger charge is 2.35. The summed E-state index contributed by atoms with van der Waals surface area (Å²) in [5.74, 6) is 0. The molecule has 2 rings (SSSR count). The van der Waals surface area contributed by atoms with Crippen molar-refractivity contribution in [2.75, 3.05) is 6.61 Å². The average molecular weight is 354 g/mol. The quantitative estimate of drug-likeness (QED) is 0.755. The molecule has 21 heavy (non-hydrogen) atoms. The second kappa shape index (κ2) is 7.75. The first kappa shape index (κ1) is 17.0. The van der Waals surface area contributed by atoms with Gasteiger partial charge < -0.3 is 10.1 Å². The highest BCUT2D eigenvalue weighted by Crippen LogP contribution is 2.33. The smallest absolute Gasteiger partial charge is 0.0692 e. The van der Waals surface area contributed by atoms with E-state index in [4.69, 9.17) is 4.74 Å². The average Bonchev–Trinajstić information content (AvgIpc) is 2.52. The van der Waals surface area contributed by atoms with Gasteiger partial charge >= 0.3 is 0 Å². The molecule has 118 valence electrons. The van der Waals surface area contributed by atoms with Crippen LogP contribution in [0.1, 0.15) is 64.5 Å². The number of ether oxygens (including phenoxy) is 1. The van der Waals surface area contributed by atoms with E-state index in [2.05, 4.69) is 66.3 Å². The van der Waals surface area contributed by atoms with Gasteiger partial charge in [0.05, 0.1) is 5.60 Å². The molecule has 2 unspecified atom stereocenters. The van der Waals surface area contributed by atoms with Crippen molar-refractivity contribution < 1.29 is 4.74 Å². The predicted molar refractivity (Wildman–Crippen MR) is 92.6 cm³/mol. The van der Waals surface area contributed by atoms with Crippen molar-refractivity contribution in [3.8, 4) is 0 Å². The minimum absolute atomic E-state index is 0.0888. The first-order valence-electron chi connectivity index (χ1n) is 8.28. The zero-order valence-corrected chi connectivity index (χ0v) is 15.1. The van der Waals surface area contributed by atoms with Gasteiger partial charge in [0.25, 0.3) is 0 Å². The molecule has 0 aliphatic carbocycles. The van der Waals surface area contributed by atoms with E-state index in [9.17, 15) is 0 Å². The van der Waals surface area contributed by atoms with E-state index in [1.165, 1.54) is 5.56 Å². The first-order valence-corrected chi connectivity index (χ1v) is 9.07. The molecule has 0 radical (unpaired) electrons. The van der Waals surface area contributed by atoms with Crippen LogP contribution in [0.5, 0.6) is 0 Å². The minimum atomic E-state index is 0.0888. The molecule has 1 aromatic rings. The molecule has 0 spiro atoms. The van der Waals surface area contributed by atoms with Gasteiger partial charge in [-0.15, -0.1) is 0 Å². The number of hydrogen-bond donors (Lipinski definition) is 1. The third-order valence-electron chi connectivity index (χ3n) is 4.88. The Kier molecular flexibility index (Phi) is 6.27. The lowest BCUT2D eigenvalue weighted by atomic mass is 9.85. The Labute approximate surface area is 137 Å². The number of benzene rings is 1. The van der Waals surface area contributed by atoms with E-state index < -0.39 is 0 Å². The van der Waals surface area contributed by atoms with Crippen molar-refractivity contribution in [1.29, 1.82) is 0 Å². The zero-order chi connectivity index (χ0) is 15.3. The molecular formula is C18H28BrNO. The molecule has 1 N–H and O–H groups in total. The molecule has 1 aliphatic rings. The first-order chi connectivity index (χ1) is 10.1. The van der Waals surface area contributed by atoms with E-state index in [1.807, 2.05) is 0 Å². The molecule has 1 saturated heterocycles. The van der Waals surface area contributed by atoms with E-state index >= 15 is 0 Å². The normalized spacial score (nSPS) is 23.0. The van der Waals surface area contributed by atoms with Crippen LogP contribution < -0.4 is 5.32 Å². The standard InChI is InChI=1S/C18H28BrNO/c1-4-17(14-8-7-9-15(19)12-14)20-16-10-11-21-18(5-2,6-3)13-16/h7-9,12,16-17,20H,4-6,10-11,13H2,1-3H3. The van der Waals surface area contributed by atoms with Gasteiger partial charge in [0.1, 0.15) is 0 Å². The molecule has 2 atom stereocenters. The predicted octanol–water partition coefficient (Wildman–Crippen LogP) is 5.23. The van der Waals surface area contributed by atoms with Crippen molar-refractivity contribution >= 4 is 15.9 Å². The van der Waals surface area contributed by atoms with Crippen LogP contribution in [0.25, 0.3) is 0 Å². The summed E-state index contributed by atoms with van der Waals surface area (Å²) in [6.07, 6.45) is 5.57. The molecule has 0 amide bonds. The molecule has 0 bridgehead atoms. The zero-order valence-electron chi connectivity index (χ0n) is 13.5. The molecule has 1 aliphatic heterocycles. The molecule has 2 nitrogen and oxygen atoms in total. The fourth-order valence-electron chi connectivity index (χ4n) is 3.37. The van der Waals surface area contributed by atoms with Crippen LogP contribution in [-0.2, 0) is 4.74 Å². The van der Waals surface area contributed by atoms with Gasteiger partial charge in [-0.25, -0.2) is 0 Å². The Morgan fingerprint density at radius 3 is 2.71 bits per heavy atom. The molecule has 1 fully saturated rings. The lowest BCUT2D eigenvalue weighted by molar-refractivity contribution is -0.0942. The number of halogens is 1. The number of nitrogens with one attached hydrogen (secondary N) is 1. The summed E-state index contributed by atoms with van der Waals surface area (Å²) in [6.45, 7) is 7.63. The van der Waals surface area contributed by atoms with Gasteiger partial charge in [0.2, 0.25) is 0 Å². The molecule has 0 saturated carbocycles. The number of hydrogen-bond acceptors (Lipinski definition) is 2. The van der Waals surface area contributed by atoms with Crippen LogP contribution >= 0.6 is 15.9 Å².